The van der Waals surface area contributed by atoms with Gasteiger partial charge in [-0.3, -0.25) is 13.9 Å². The number of hydrogen-bond acceptors (Lipinski definition) is 4. The normalized spacial score (nSPS) is 11.2. The summed E-state index contributed by atoms with van der Waals surface area (Å²) in [5, 5.41) is 0. The first-order valence-electron chi connectivity index (χ1n) is 7.12. The summed E-state index contributed by atoms with van der Waals surface area (Å²) in [6.45, 7) is 3.63. The molecule has 0 amide bonds. The molecular weight excluding hydrogens is 306 g/mol. The van der Waals surface area contributed by atoms with E-state index in [-0.39, 0.29) is 23.7 Å². The van der Waals surface area contributed by atoms with Gasteiger partial charge in [0.05, 0.1) is 0 Å². The highest BCUT2D eigenvalue weighted by atomic mass is 35.5. The van der Waals surface area contributed by atoms with E-state index in [1.165, 1.54) is 11.6 Å². The maximum absolute atomic E-state index is 12.4. The minimum Gasteiger partial charge on any atom is -0.322 e. The first kappa shape index (κ1) is 18.4. The van der Waals surface area contributed by atoms with Crippen molar-refractivity contribution >= 4 is 23.6 Å². The van der Waals surface area contributed by atoms with E-state index in [1.807, 2.05) is 25.6 Å². The van der Waals surface area contributed by atoms with Crippen LogP contribution in [0.2, 0.25) is 0 Å². The fraction of sp³-hybridized carbons (Fsp3) is 0.643. The van der Waals surface area contributed by atoms with Crippen molar-refractivity contribution in [2.75, 3.05) is 20.6 Å². The van der Waals surface area contributed by atoms with E-state index >= 15 is 0 Å². The first-order valence-corrected chi connectivity index (χ1v) is 7.12. The molecule has 0 unspecified atom stereocenters. The summed E-state index contributed by atoms with van der Waals surface area (Å²) in [5.41, 5.74) is 0.362. The summed E-state index contributed by atoms with van der Waals surface area (Å²) >= 11 is 0. The summed E-state index contributed by atoms with van der Waals surface area (Å²) in [6, 6.07) is 0. The molecule has 0 N–H and O–H groups in total. The zero-order valence-corrected chi connectivity index (χ0v) is 14.6. The number of halogens is 1. The van der Waals surface area contributed by atoms with Gasteiger partial charge in [-0.15, -0.1) is 12.4 Å². The quantitative estimate of drug-likeness (QED) is 0.750. The number of fused-ring (bicyclic) bond motifs is 1. The van der Waals surface area contributed by atoms with Crippen LogP contribution in [0.15, 0.2) is 9.59 Å². The SMILES string of the molecule is Cc1nc2c(c(=O)n(C)c(=O)n2C)n1CCCCN(C)C.Cl. The van der Waals surface area contributed by atoms with E-state index < -0.39 is 0 Å². The van der Waals surface area contributed by atoms with Crippen molar-refractivity contribution in [1.82, 2.24) is 23.6 Å². The Labute approximate surface area is 135 Å². The van der Waals surface area contributed by atoms with Gasteiger partial charge < -0.3 is 9.47 Å². The molecule has 0 aromatic carbocycles. The van der Waals surface area contributed by atoms with E-state index in [2.05, 4.69) is 9.88 Å². The molecule has 8 heteroatoms. The Morgan fingerprint density at radius 1 is 1.09 bits per heavy atom. The maximum atomic E-state index is 12.4. The molecule has 0 atom stereocenters. The Morgan fingerprint density at radius 3 is 2.32 bits per heavy atom. The summed E-state index contributed by atoms with van der Waals surface area (Å²) in [6.07, 6.45) is 2.02. The third-order valence-electron chi connectivity index (χ3n) is 3.78. The van der Waals surface area contributed by atoms with Crippen LogP contribution in [0.5, 0.6) is 0 Å². The minimum atomic E-state index is -0.343. The van der Waals surface area contributed by atoms with Crippen LogP contribution in [-0.4, -0.2) is 44.2 Å². The Morgan fingerprint density at radius 2 is 1.73 bits per heavy atom. The average molecular weight is 330 g/mol. The fourth-order valence-electron chi connectivity index (χ4n) is 2.53. The third kappa shape index (κ3) is 3.25. The fourth-order valence-corrected chi connectivity index (χ4v) is 2.53. The molecule has 22 heavy (non-hydrogen) atoms. The molecule has 2 aromatic heterocycles. The van der Waals surface area contributed by atoms with Crippen molar-refractivity contribution in [3.05, 3.63) is 26.7 Å². The monoisotopic (exact) mass is 329 g/mol. The van der Waals surface area contributed by atoms with E-state index in [0.717, 1.165) is 36.3 Å². The number of imidazole rings is 1. The van der Waals surface area contributed by atoms with Gasteiger partial charge in [0, 0.05) is 20.6 Å². The van der Waals surface area contributed by atoms with Gasteiger partial charge in [0.2, 0.25) is 0 Å². The summed E-state index contributed by atoms with van der Waals surface area (Å²) in [5.74, 6) is 0.771. The number of nitrogens with zero attached hydrogens (tertiary/aromatic N) is 5. The van der Waals surface area contributed by atoms with E-state index in [1.54, 1.807) is 7.05 Å². The number of aromatic nitrogens is 4. The van der Waals surface area contributed by atoms with Crippen molar-refractivity contribution in [3.63, 3.8) is 0 Å². The van der Waals surface area contributed by atoms with Gasteiger partial charge in [-0.25, -0.2) is 9.78 Å². The third-order valence-corrected chi connectivity index (χ3v) is 3.78. The van der Waals surface area contributed by atoms with Crippen molar-refractivity contribution in [3.8, 4) is 0 Å². The summed E-state index contributed by atoms with van der Waals surface area (Å²) < 4.78 is 4.49. The van der Waals surface area contributed by atoms with Crippen molar-refractivity contribution < 1.29 is 0 Å². The second-order valence-electron chi connectivity index (χ2n) is 5.70. The zero-order valence-electron chi connectivity index (χ0n) is 13.8. The smallest absolute Gasteiger partial charge is 0.322 e. The molecule has 0 saturated carbocycles. The molecule has 0 radical (unpaired) electrons. The lowest BCUT2D eigenvalue weighted by Gasteiger charge is -2.10. The maximum Gasteiger partial charge on any atom is 0.332 e. The van der Waals surface area contributed by atoms with Crippen LogP contribution in [0.25, 0.3) is 11.2 Å². The molecule has 2 aromatic rings. The molecule has 0 bridgehead atoms. The molecular formula is C14H24ClN5O2. The Hall–Kier alpha value is -1.60. The second-order valence-corrected chi connectivity index (χ2v) is 5.70. The molecule has 0 aliphatic heterocycles. The lowest BCUT2D eigenvalue weighted by molar-refractivity contribution is 0.388. The lowest BCUT2D eigenvalue weighted by atomic mass is 10.3. The van der Waals surface area contributed by atoms with Gasteiger partial charge >= 0.3 is 5.69 Å². The molecule has 0 spiro atoms. The number of hydrogen-bond donors (Lipinski definition) is 0. The van der Waals surface area contributed by atoms with Crippen LogP contribution in [0, 0.1) is 6.92 Å². The standard InChI is InChI=1S/C14H23N5O2.ClH/c1-10-15-12-11(13(20)18(5)14(21)17(12)4)19(10)9-7-6-8-16(2)3;/h6-9H2,1-5H3;1H. The molecule has 2 heterocycles. The van der Waals surface area contributed by atoms with Crippen LogP contribution in [-0.2, 0) is 20.6 Å². The summed E-state index contributed by atoms with van der Waals surface area (Å²) in [7, 11) is 7.24. The van der Waals surface area contributed by atoms with Crippen LogP contribution in [0.3, 0.4) is 0 Å². The predicted molar refractivity (Wildman–Crippen MR) is 90.0 cm³/mol. The van der Waals surface area contributed by atoms with E-state index in [0.29, 0.717) is 11.2 Å². The van der Waals surface area contributed by atoms with Gasteiger partial charge in [-0.1, -0.05) is 0 Å². The van der Waals surface area contributed by atoms with Gasteiger partial charge in [-0.2, -0.15) is 0 Å². The van der Waals surface area contributed by atoms with Crippen LogP contribution in [0.4, 0.5) is 0 Å². The molecule has 7 nitrogen and oxygen atoms in total. The summed E-state index contributed by atoms with van der Waals surface area (Å²) in [4.78, 5) is 30.8. The van der Waals surface area contributed by atoms with E-state index in [9.17, 15) is 9.59 Å². The Kier molecular flexibility index (Phi) is 5.96. The lowest BCUT2D eigenvalue weighted by Crippen LogP contribution is -2.37. The van der Waals surface area contributed by atoms with Crippen molar-refractivity contribution in [2.24, 2.45) is 14.1 Å². The second kappa shape index (κ2) is 7.11. The average Bonchev–Trinajstić information content (AvgIpc) is 2.76. The highest BCUT2D eigenvalue weighted by molar-refractivity contribution is 5.85. The topological polar surface area (TPSA) is 65.1 Å². The largest absolute Gasteiger partial charge is 0.332 e. The zero-order chi connectivity index (χ0) is 15.7. The predicted octanol–water partition coefficient (Wildman–Crippen LogP) is 0.506. The van der Waals surface area contributed by atoms with E-state index in [4.69, 9.17) is 0 Å². The number of aryl methyl sites for hydroxylation is 3. The molecule has 0 fully saturated rings. The Balaban J connectivity index is 0.00000242. The van der Waals surface area contributed by atoms with Crippen LogP contribution < -0.4 is 11.2 Å². The Bertz CT molecular complexity index is 772. The molecule has 0 saturated heterocycles. The van der Waals surface area contributed by atoms with Crippen molar-refractivity contribution in [1.29, 1.82) is 0 Å². The highest BCUT2D eigenvalue weighted by Crippen LogP contribution is 2.11. The number of unbranched alkanes of at least 4 members (excludes halogenated alkanes) is 1. The molecule has 0 aliphatic carbocycles. The van der Waals surface area contributed by atoms with Gasteiger partial charge in [0.15, 0.2) is 11.2 Å². The van der Waals surface area contributed by atoms with Gasteiger partial charge in [0.1, 0.15) is 5.82 Å². The number of rotatable bonds is 5. The minimum absolute atomic E-state index is 0. The van der Waals surface area contributed by atoms with Gasteiger partial charge in [0.25, 0.3) is 5.56 Å². The van der Waals surface area contributed by atoms with Crippen LogP contribution >= 0.6 is 12.4 Å². The molecule has 124 valence electrons. The van der Waals surface area contributed by atoms with Gasteiger partial charge in [-0.05, 0) is 40.4 Å². The highest BCUT2D eigenvalue weighted by Gasteiger charge is 2.16. The van der Waals surface area contributed by atoms with Crippen molar-refractivity contribution in [2.45, 2.75) is 26.3 Å². The van der Waals surface area contributed by atoms with Crippen LogP contribution in [0.1, 0.15) is 18.7 Å². The first-order chi connectivity index (χ1) is 9.84. The molecule has 2 rings (SSSR count). The molecule has 0 aliphatic rings.